The highest BCUT2D eigenvalue weighted by Gasteiger charge is 2.11. The molecular weight excluding hydrogens is 278 g/mol. The molecule has 0 fully saturated rings. The van der Waals surface area contributed by atoms with Crippen molar-refractivity contribution in [2.24, 2.45) is 5.92 Å². The molecule has 0 saturated heterocycles. The van der Waals surface area contributed by atoms with Gasteiger partial charge in [-0.15, -0.1) is 0 Å². The van der Waals surface area contributed by atoms with Gasteiger partial charge in [-0.3, -0.25) is 5.10 Å². The summed E-state index contributed by atoms with van der Waals surface area (Å²) >= 11 is 0. The third-order valence-electron chi connectivity index (χ3n) is 3.42. The fourth-order valence-electron chi connectivity index (χ4n) is 2.09. The summed E-state index contributed by atoms with van der Waals surface area (Å²) in [5, 5.41) is 10.3. The summed E-state index contributed by atoms with van der Waals surface area (Å²) in [6.45, 7) is 7.81. The normalized spacial score (nSPS) is 12.4. The summed E-state index contributed by atoms with van der Waals surface area (Å²) in [5.74, 6) is 2.05. The van der Waals surface area contributed by atoms with Gasteiger partial charge in [0.15, 0.2) is 11.5 Å². The van der Waals surface area contributed by atoms with Crippen LogP contribution in [-0.2, 0) is 6.54 Å². The molecule has 0 aliphatic carbocycles. The molecule has 1 heterocycles. The summed E-state index contributed by atoms with van der Waals surface area (Å²) in [5.41, 5.74) is 2.23. The average molecular weight is 303 g/mol. The second kappa shape index (κ2) is 7.84. The van der Waals surface area contributed by atoms with E-state index in [9.17, 15) is 0 Å². The zero-order valence-corrected chi connectivity index (χ0v) is 13.7. The van der Waals surface area contributed by atoms with Crippen LogP contribution in [0.2, 0.25) is 0 Å². The van der Waals surface area contributed by atoms with Gasteiger partial charge in [-0.25, -0.2) is 0 Å². The molecule has 22 heavy (non-hydrogen) atoms. The highest BCUT2D eigenvalue weighted by atomic mass is 16.5. The fourth-order valence-corrected chi connectivity index (χ4v) is 2.09. The molecule has 1 aromatic heterocycles. The van der Waals surface area contributed by atoms with Crippen LogP contribution in [-0.4, -0.2) is 23.9 Å². The van der Waals surface area contributed by atoms with E-state index in [1.165, 1.54) is 0 Å². The lowest BCUT2D eigenvalue weighted by atomic mass is 10.1. The van der Waals surface area contributed by atoms with Crippen LogP contribution in [0.15, 0.2) is 30.5 Å². The number of hydrogen-bond donors (Lipinski definition) is 2. The number of ether oxygens (including phenoxy) is 2. The summed E-state index contributed by atoms with van der Waals surface area (Å²) in [6.07, 6.45) is 1.76. The Morgan fingerprint density at radius 3 is 2.64 bits per heavy atom. The molecule has 2 rings (SSSR count). The van der Waals surface area contributed by atoms with Crippen LogP contribution in [0.3, 0.4) is 0 Å². The SMILES string of the molecule is COc1cc(C(C)NCc2ccn[nH]2)ccc1OCC(C)C. The number of hydrogen-bond acceptors (Lipinski definition) is 4. The lowest BCUT2D eigenvalue weighted by molar-refractivity contribution is 0.256. The summed E-state index contributed by atoms with van der Waals surface area (Å²) < 4.78 is 11.2. The highest BCUT2D eigenvalue weighted by Crippen LogP contribution is 2.30. The van der Waals surface area contributed by atoms with Gasteiger partial charge >= 0.3 is 0 Å². The highest BCUT2D eigenvalue weighted by molar-refractivity contribution is 5.43. The van der Waals surface area contributed by atoms with E-state index in [4.69, 9.17) is 9.47 Å². The van der Waals surface area contributed by atoms with E-state index in [0.29, 0.717) is 12.5 Å². The molecule has 0 radical (unpaired) electrons. The van der Waals surface area contributed by atoms with Gasteiger partial charge in [0.1, 0.15) is 0 Å². The van der Waals surface area contributed by atoms with Crippen molar-refractivity contribution in [2.45, 2.75) is 33.4 Å². The van der Waals surface area contributed by atoms with Crippen molar-refractivity contribution in [3.63, 3.8) is 0 Å². The maximum Gasteiger partial charge on any atom is 0.161 e. The van der Waals surface area contributed by atoms with Gasteiger partial charge in [-0.05, 0) is 36.6 Å². The topological polar surface area (TPSA) is 59.2 Å². The molecule has 1 aromatic carbocycles. The third-order valence-corrected chi connectivity index (χ3v) is 3.42. The van der Waals surface area contributed by atoms with Gasteiger partial charge in [0.05, 0.1) is 13.7 Å². The predicted octanol–water partition coefficient (Wildman–Crippen LogP) is 3.30. The number of methoxy groups -OCH3 is 1. The number of nitrogens with zero attached hydrogens (tertiary/aromatic N) is 1. The van der Waals surface area contributed by atoms with Gasteiger partial charge in [0, 0.05) is 24.5 Å². The number of nitrogens with one attached hydrogen (secondary N) is 2. The van der Waals surface area contributed by atoms with E-state index in [2.05, 4.69) is 42.4 Å². The molecule has 0 spiro atoms. The minimum Gasteiger partial charge on any atom is -0.493 e. The minimum absolute atomic E-state index is 0.205. The fraction of sp³-hybridized carbons (Fsp3) is 0.471. The molecule has 0 amide bonds. The lowest BCUT2D eigenvalue weighted by Gasteiger charge is -2.17. The van der Waals surface area contributed by atoms with Crippen LogP contribution in [0.5, 0.6) is 11.5 Å². The molecule has 0 saturated carbocycles. The van der Waals surface area contributed by atoms with Gasteiger partial charge in [-0.1, -0.05) is 19.9 Å². The van der Waals surface area contributed by atoms with Gasteiger partial charge in [0.2, 0.25) is 0 Å². The van der Waals surface area contributed by atoms with Crippen LogP contribution in [0.25, 0.3) is 0 Å². The summed E-state index contributed by atoms with van der Waals surface area (Å²) in [7, 11) is 1.67. The van der Waals surface area contributed by atoms with Crippen molar-refractivity contribution in [2.75, 3.05) is 13.7 Å². The summed E-state index contributed by atoms with van der Waals surface area (Å²) in [4.78, 5) is 0. The first kappa shape index (κ1) is 16.4. The van der Waals surface area contributed by atoms with Crippen molar-refractivity contribution >= 4 is 0 Å². The molecule has 1 atom stereocenters. The molecule has 120 valence electrons. The zero-order chi connectivity index (χ0) is 15.9. The van der Waals surface area contributed by atoms with Crippen molar-refractivity contribution < 1.29 is 9.47 Å². The first-order chi connectivity index (χ1) is 10.6. The molecule has 5 nitrogen and oxygen atoms in total. The van der Waals surface area contributed by atoms with Gasteiger partial charge < -0.3 is 14.8 Å². The van der Waals surface area contributed by atoms with Crippen LogP contribution in [0.4, 0.5) is 0 Å². The second-order valence-corrected chi connectivity index (χ2v) is 5.80. The summed E-state index contributed by atoms with van der Waals surface area (Å²) in [6, 6.07) is 8.24. The maximum atomic E-state index is 5.78. The van der Waals surface area contributed by atoms with E-state index >= 15 is 0 Å². The third kappa shape index (κ3) is 4.49. The number of aromatic amines is 1. The number of H-pyrrole nitrogens is 1. The van der Waals surface area contributed by atoms with E-state index < -0.39 is 0 Å². The lowest BCUT2D eigenvalue weighted by Crippen LogP contribution is -2.18. The number of benzene rings is 1. The molecule has 2 aromatic rings. The quantitative estimate of drug-likeness (QED) is 0.785. The maximum absolute atomic E-state index is 5.78. The van der Waals surface area contributed by atoms with Crippen molar-refractivity contribution in [1.29, 1.82) is 0 Å². The smallest absolute Gasteiger partial charge is 0.161 e. The Morgan fingerprint density at radius 2 is 2.00 bits per heavy atom. The monoisotopic (exact) mass is 303 g/mol. The van der Waals surface area contributed by atoms with E-state index in [0.717, 1.165) is 29.3 Å². The van der Waals surface area contributed by atoms with Crippen LogP contribution >= 0.6 is 0 Å². The Bertz CT molecular complexity index is 567. The van der Waals surface area contributed by atoms with E-state index in [1.807, 2.05) is 18.2 Å². The average Bonchev–Trinajstić information content (AvgIpc) is 3.03. The standard InChI is InChI=1S/C17H25N3O2/c1-12(2)11-22-16-6-5-14(9-17(16)21-4)13(3)18-10-15-7-8-19-20-15/h5-9,12-13,18H,10-11H2,1-4H3,(H,19,20). The first-order valence-electron chi connectivity index (χ1n) is 7.62. The van der Waals surface area contributed by atoms with Gasteiger partial charge in [-0.2, -0.15) is 5.10 Å². The Balaban J connectivity index is 2.01. The zero-order valence-electron chi connectivity index (χ0n) is 13.7. The molecule has 1 unspecified atom stereocenters. The molecular formula is C17H25N3O2. The van der Waals surface area contributed by atoms with Gasteiger partial charge in [0.25, 0.3) is 0 Å². The minimum atomic E-state index is 0.205. The van der Waals surface area contributed by atoms with E-state index in [-0.39, 0.29) is 6.04 Å². The Labute approximate surface area is 132 Å². The van der Waals surface area contributed by atoms with E-state index in [1.54, 1.807) is 13.3 Å². The number of rotatable bonds is 8. The molecule has 0 aliphatic heterocycles. The predicted molar refractivity (Wildman–Crippen MR) is 87.2 cm³/mol. The van der Waals surface area contributed by atoms with Crippen molar-refractivity contribution in [1.82, 2.24) is 15.5 Å². The molecule has 0 bridgehead atoms. The van der Waals surface area contributed by atoms with Crippen molar-refractivity contribution in [3.05, 3.63) is 41.7 Å². The van der Waals surface area contributed by atoms with Crippen LogP contribution in [0.1, 0.15) is 38.1 Å². The number of aromatic nitrogens is 2. The molecule has 0 aliphatic rings. The molecule has 2 N–H and O–H groups in total. The van der Waals surface area contributed by atoms with Crippen LogP contribution < -0.4 is 14.8 Å². The largest absolute Gasteiger partial charge is 0.493 e. The second-order valence-electron chi connectivity index (χ2n) is 5.80. The Morgan fingerprint density at radius 1 is 1.18 bits per heavy atom. The molecule has 5 heteroatoms. The Kier molecular flexibility index (Phi) is 5.83. The Hall–Kier alpha value is -2.01. The van der Waals surface area contributed by atoms with Crippen LogP contribution in [0, 0.1) is 5.92 Å². The van der Waals surface area contributed by atoms with Crippen molar-refractivity contribution in [3.8, 4) is 11.5 Å². The first-order valence-corrected chi connectivity index (χ1v) is 7.62.